The predicted octanol–water partition coefficient (Wildman–Crippen LogP) is 3.48. The number of hydrogen-bond donors (Lipinski definition) is 1. The van der Waals surface area contributed by atoms with E-state index in [0.29, 0.717) is 18.5 Å². The van der Waals surface area contributed by atoms with Crippen LogP contribution in [0.3, 0.4) is 0 Å². The zero-order valence-electron chi connectivity index (χ0n) is 18.3. The average Bonchev–Trinajstić information content (AvgIpc) is 3.11. The van der Waals surface area contributed by atoms with Crippen LogP contribution in [0.1, 0.15) is 38.3 Å². The largest absolute Gasteiger partial charge is 0.419 e. The van der Waals surface area contributed by atoms with Crippen molar-refractivity contribution in [3.05, 3.63) is 74.8 Å². The van der Waals surface area contributed by atoms with E-state index in [2.05, 4.69) is 36.2 Å². The first-order valence-corrected chi connectivity index (χ1v) is 10.8. The zero-order valence-corrected chi connectivity index (χ0v) is 18.3. The Bertz CT molecular complexity index is 1120. The number of rotatable bonds is 11. The van der Waals surface area contributed by atoms with Gasteiger partial charge >= 0.3 is 5.76 Å². The highest BCUT2D eigenvalue weighted by atomic mass is 16.6. The number of nitro groups is 1. The number of carbonyl (C=O) groups excluding carboxylic acids is 1. The molecule has 0 fully saturated rings. The van der Waals surface area contributed by atoms with Crippen LogP contribution in [-0.4, -0.2) is 39.9 Å². The Morgan fingerprint density at radius 1 is 1.19 bits per heavy atom. The number of benzene rings is 2. The zero-order chi connectivity index (χ0) is 23.1. The van der Waals surface area contributed by atoms with Crippen LogP contribution in [0.2, 0.25) is 0 Å². The van der Waals surface area contributed by atoms with Crippen molar-refractivity contribution in [2.24, 2.45) is 0 Å². The lowest BCUT2D eigenvalue weighted by Crippen LogP contribution is -2.38. The van der Waals surface area contributed by atoms with Gasteiger partial charge in [0, 0.05) is 25.6 Å². The van der Waals surface area contributed by atoms with Gasteiger partial charge < -0.3 is 9.73 Å². The van der Waals surface area contributed by atoms with Crippen molar-refractivity contribution in [2.45, 2.75) is 39.3 Å². The number of oxazole rings is 1. The van der Waals surface area contributed by atoms with Crippen LogP contribution < -0.4 is 11.1 Å². The van der Waals surface area contributed by atoms with E-state index in [0.717, 1.165) is 18.7 Å². The molecule has 1 N–H and O–H groups in total. The minimum Gasteiger partial charge on any atom is -0.407 e. The number of amides is 1. The van der Waals surface area contributed by atoms with Gasteiger partial charge in [-0.3, -0.25) is 24.4 Å². The van der Waals surface area contributed by atoms with Gasteiger partial charge in [-0.1, -0.05) is 44.2 Å². The molecule has 1 atom stereocenters. The molecule has 0 aliphatic carbocycles. The van der Waals surface area contributed by atoms with E-state index in [1.165, 1.54) is 22.8 Å². The smallest absolute Gasteiger partial charge is 0.407 e. The number of aromatic nitrogens is 1. The molecule has 0 spiro atoms. The molecule has 0 saturated heterocycles. The first kappa shape index (κ1) is 23.2. The molecule has 32 heavy (non-hydrogen) atoms. The molecular weight excluding hydrogens is 412 g/mol. The number of non-ortho nitro benzene ring substituents is 1. The Labute approximate surface area is 185 Å². The topological polar surface area (TPSA) is 111 Å². The Balaban J connectivity index is 1.58. The van der Waals surface area contributed by atoms with Gasteiger partial charge in [0.2, 0.25) is 5.91 Å². The fourth-order valence-electron chi connectivity index (χ4n) is 3.87. The lowest BCUT2D eigenvalue weighted by Gasteiger charge is -2.30. The van der Waals surface area contributed by atoms with Crippen LogP contribution in [-0.2, 0) is 11.3 Å². The van der Waals surface area contributed by atoms with Gasteiger partial charge in [0.05, 0.1) is 22.5 Å². The molecule has 1 unspecified atom stereocenters. The highest BCUT2D eigenvalue weighted by Gasteiger charge is 2.19. The van der Waals surface area contributed by atoms with E-state index in [1.54, 1.807) is 0 Å². The van der Waals surface area contributed by atoms with Gasteiger partial charge in [-0.05, 0) is 31.1 Å². The molecule has 0 bridgehead atoms. The maximum absolute atomic E-state index is 12.5. The molecule has 3 aromatic rings. The standard InChI is InChI=1S/C23H28N4O5/c1-3-25(4-2)20(17-9-6-5-7-10-17)16-24-22(28)11-8-14-26-19-13-12-18(27(30)31)15-21(19)32-23(26)29/h5-7,9-10,12-13,15,20H,3-4,8,11,14,16H2,1-2H3,(H,24,28). The van der Waals surface area contributed by atoms with E-state index in [1.807, 2.05) is 18.2 Å². The Morgan fingerprint density at radius 2 is 1.91 bits per heavy atom. The number of carbonyl (C=O) groups is 1. The number of nitrogens with one attached hydrogen (secondary N) is 1. The van der Waals surface area contributed by atoms with Crippen LogP contribution in [0.25, 0.3) is 11.1 Å². The lowest BCUT2D eigenvalue weighted by molar-refractivity contribution is -0.384. The molecule has 0 radical (unpaired) electrons. The fourth-order valence-corrected chi connectivity index (χ4v) is 3.87. The molecular formula is C23H28N4O5. The van der Waals surface area contributed by atoms with Crippen molar-refractivity contribution < 1.29 is 14.1 Å². The molecule has 0 aliphatic heterocycles. The first-order chi connectivity index (χ1) is 15.4. The second-order valence-electron chi connectivity index (χ2n) is 7.48. The molecule has 0 saturated carbocycles. The van der Waals surface area contributed by atoms with Crippen molar-refractivity contribution in [1.29, 1.82) is 0 Å². The molecule has 2 aromatic carbocycles. The van der Waals surface area contributed by atoms with Crippen LogP contribution in [0, 0.1) is 10.1 Å². The van der Waals surface area contributed by atoms with Crippen LogP contribution >= 0.6 is 0 Å². The van der Waals surface area contributed by atoms with Crippen LogP contribution in [0.4, 0.5) is 5.69 Å². The third-order valence-electron chi connectivity index (χ3n) is 5.58. The minimum absolute atomic E-state index is 0.0884. The van der Waals surface area contributed by atoms with Gasteiger partial charge in [-0.2, -0.15) is 0 Å². The summed E-state index contributed by atoms with van der Waals surface area (Å²) in [5.74, 6) is -0.679. The fraction of sp³-hybridized carbons (Fsp3) is 0.391. The Kier molecular flexibility index (Phi) is 7.77. The van der Waals surface area contributed by atoms with Crippen LogP contribution in [0.5, 0.6) is 0 Å². The summed E-state index contributed by atoms with van der Waals surface area (Å²) < 4.78 is 6.52. The maximum atomic E-state index is 12.5. The van der Waals surface area contributed by atoms with Gasteiger partial charge in [0.25, 0.3) is 5.69 Å². The van der Waals surface area contributed by atoms with E-state index < -0.39 is 10.7 Å². The quantitative estimate of drug-likeness (QED) is 0.361. The first-order valence-electron chi connectivity index (χ1n) is 10.8. The van der Waals surface area contributed by atoms with Crippen molar-refractivity contribution in [2.75, 3.05) is 19.6 Å². The summed E-state index contributed by atoms with van der Waals surface area (Å²) in [6.45, 7) is 6.74. The SMILES string of the molecule is CCN(CC)C(CNC(=O)CCCn1c(=O)oc2cc([N+](=O)[O-])ccc21)c1ccccc1. The molecule has 3 rings (SSSR count). The molecule has 170 valence electrons. The second-order valence-corrected chi connectivity index (χ2v) is 7.48. The maximum Gasteiger partial charge on any atom is 0.419 e. The number of nitrogens with zero attached hydrogens (tertiary/aromatic N) is 3. The minimum atomic E-state index is -0.591. The van der Waals surface area contributed by atoms with E-state index in [-0.39, 0.29) is 36.2 Å². The molecule has 1 aromatic heterocycles. The third kappa shape index (κ3) is 5.42. The Hall–Kier alpha value is -3.46. The van der Waals surface area contributed by atoms with Gasteiger partial charge in [-0.25, -0.2) is 4.79 Å². The molecule has 0 aliphatic rings. The monoisotopic (exact) mass is 440 g/mol. The third-order valence-corrected chi connectivity index (χ3v) is 5.58. The number of fused-ring (bicyclic) bond motifs is 1. The normalized spacial score (nSPS) is 12.2. The summed E-state index contributed by atoms with van der Waals surface area (Å²) in [5, 5.41) is 13.9. The van der Waals surface area contributed by atoms with Crippen molar-refractivity contribution in [3.63, 3.8) is 0 Å². The van der Waals surface area contributed by atoms with Gasteiger partial charge in [0.15, 0.2) is 5.58 Å². The van der Waals surface area contributed by atoms with E-state index in [9.17, 15) is 19.7 Å². The number of hydrogen-bond acceptors (Lipinski definition) is 6. The summed E-state index contributed by atoms with van der Waals surface area (Å²) in [7, 11) is 0. The number of aryl methyl sites for hydroxylation is 1. The number of nitro benzene ring substituents is 1. The summed E-state index contributed by atoms with van der Waals surface area (Å²) in [5.41, 5.74) is 1.66. The average molecular weight is 441 g/mol. The van der Waals surface area contributed by atoms with E-state index in [4.69, 9.17) is 4.42 Å². The molecule has 9 heteroatoms. The number of likely N-dealkylation sites (N-methyl/N-ethyl adjacent to an activating group) is 1. The molecule has 1 heterocycles. The van der Waals surface area contributed by atoms with Crippen molar-refractivity contribution in [1.82, 2.24) is 14.8 Å². The van der Waals surface area contributed by atoms with Crippen LogP contribution in [0.15, 0.2) is 57.7 Å². The summed E-state index contributed by atoms with van der Waals surface area (Å²) in [6, 6.07) is 14.2. The Morgan fingerprint density at radius 3 is 2.56 bits per heavy atom. The van der Waals surface area contributed by atoms with Crippen molar-refractivity contribution in [3.8, 4) is 0 Å². The molecule has 9 nitrogen and oxygen atoms in total. The second kappa shape index (κ2) is 10.7. The summed E-state index contributed by atoms with van der Waals surface area (Å²) >= 11 is 0. The summed E-state index contributed by atoms with van der Waals surface area (Å²) in [6.07, 6.45) is 0.699. The highest BCUT2D eigenvalue weighted by molar-refractivity contribution is 5.76. The van der Waals surface area contributed by atoms with Crippen molar-refractivity contribution >= 4 is 22.7 Å². The van der Waals surface area contributed by atoms with Gasteiger partial charge in [-0.15, -0.1) is 0 Å². The lowest BCUT2D eigenvalue weighted by atomic mass is 10.0. The predicted molar refractivity (Wildman–Crippen MR) is 121 cm³/mol. The molecule has 1 amide bonds. The van der Waals surface area contributed by atoms with Gasteiger partial charge in [0.1, 0.15) is 0 Å². The van der Waals surface area contributed by atoms with E-state index >= 15 is 0 Å². The highest BCUT2D eigenvalue weighted by Crippen LogP contribution is 2.21. The summed E-state index contributed by atoms with van der Waals surface area (Å²) in [4.78, 5) is 37.2.